The van der Waals surface area contributed by atoms with Crippen molar-refractivity contribution in [2.45, 2.75) is 6.92 Å². The van der Waals surface area contributed by atoms with Gasteiger partial charge in [-0.2, -0.15) is 0 Å². The van der Waals surface area contributed by atoms with Crippen LogP contribution in [-0.4, -0.2) is 61.9 Å². The maximum absolute atomic E-state index is 13.0. The Bertz CT molecular complexity index is 939. The first-order chi connectivity index (χ1) is 13.1. The zero-order valence-corrected chi connectivity index (χ0v) is 15.2. The monoisotopic (exact) mass is 363 g/mol. The molecule has 7 heteroatoms. The number of aromatic nitrogens is 3. The van der Waals surface area contributed by atoms with Crippen LogP contribution in [0.5, 0.6) is 0 Å². The molecule has 7 nitrogen and oxygen atoms in total. The Hall–Kier alpha value is -3.35. The van der Waals surface area contributed by atoms with Gasteiger partial charge in [0.05, 0.1) is 17.7 Å². The minimum Gasteiger partial charge on any atom is -0.339 e. The summed E-state index contributed by atoms with van der Waals surface area (Å²) in [6.45, 7) is 3.84. The molecule has 1 saturated heterocycles. The topological polar surface area (TPSA) is 63.4 Å². The van der Waals surface area contributed by atoms with Crippen molar-refractivity contribution >= 4 is 11.8 Å². The Morgan fingerprint density at radius 1 is 0.889 bits per heavy atom. The summed E-state index contributed by atoms with van der Waals surface area (Å²) in [5.74, 6) is 0.0467. The minimum absolute atomic E-state index is 0.0104. The van der Waals surface area contributed by atoms with Crippen LogP contribution in [0.4, 0.5) is 0 Å². The molecule has 27 heavy (non-hydrogen) atoms. The third-order valence-corrected chi connectivity index (χ3v) is 4.90. The Balaban J connectivity index is 1.63. The van der Waals surface area contributed by atoms with Gasteiger partial charge in [0.2, 0.25) is 5.91 Å². The molecule has 0 N–H and O–H groups in total. The van der Waals surface area contributed by atoms with Gasteiger partial charge in [-0.3, -0.25) is 9.59 Å². The number of nitrogens with zero attached hydrogens (tertiary/aromatic N) is 5. The minimum atomic E-state index is -0.0104. The summed E-state index contributed by atoms with van der Waals surface area (Å²) in [6, 6.07) is 9.60. The zero-order valence-electron chi connectivity index (χ0n) is 15.2. The molecule has 0 aliphatic carbocycles. The Labute approximate surface area is 157 Å². The Kier molecular flexibility index (Phi) is 4.50. The lowest BCUT2D eigenvalue weighted by atomic mass is 10.1. The van der Waals surface area contributed by atoms with E-state index in [9.17, 15) is 9.59 Å². The van der Waals surface area contributed by atoms with E-state index in [1.807, 2.05) is 63.0 Å². The summed E-state index contributed by atoms with van der Waals surface area (Å²) in [6.07, 6.45) is 9.26. The SMILES string of the molecule is CC(=O)N1CCN(C(=O)c2ccc(-n3ccnc3)c(-n3cccc3)c2)CC1. The first kappa shape index (κ1) is 17.1. The predicted molar refractivity (Wildman–Crippen MR) is 101 cm³/mol. The molecule has 0 saturated carbocycles. The molecular weight excluding hydrogens is 342 g/mol. The van der Waals surface area contributed by atoms with E-state index in [2.05, 4.69) is 4.98 Å². The smallest absolute Gasteiger partial charge is 0.254 e. The summed E-state index contributed by atoms with van der Waals surface area (Å²) in [7, 11) is 0. The second-order valence-electron chi connectivity index (χ2n) is 6.56. The van der Waals surface area contributed by atoms with Gasteiger partial charge in [0.15, 0.2) is 0 Å². The molecule has 1 aliphatic rings. The summed E-state index contributed by atoms with van der Waals surface area (Å²) in [5, 5.41) is 0. The van der Waals surface area contributed by atoms with Crippen LogP contribution in [0.1, 0.15) is 17.3 Å². The van der Waals surface area contributed by atoms with Gasteiger partial charge >= 0.3 is 0 Å². The van der Waals surface area contributed by atoms with Gasteiger partial charge in [0.1, 0.15) is 0 Å². The summed E-state index contributed by atoms with van der Waals surface area (Å²) < 4.78 is 3.91. The first-order valence-electron chi connectivity index (χ1n) is 8.94. The highest BCUT2D eigenvalue weighted by Gasteiger charge is 2.24. The van der Waals surface area contributed by atoms with Crippen LogP contribution in [0.2, 0.25) is 0 Å². The number of rotatable bonds is 3. The van der Waals surface area contributed by atoms with E-state index in [0.29, 0.717) is 31.7 Å². The highest BCUT2D eigenvalue weighted by molar-refractivity contribution is 5.95. The number of carbonyl (C=O) groups excluding carboxylic acids is 2. The van der Waals surface area contributed by atoms with Gasteiger partial charge in [0.25, 0.3) is 5.91 Å². The number of hydrogen-bond donors (Lipinski definition) is 0. The van der Waals surface area contributed by atoms with Crippen molar-refractivity contribution in [3.63, 3.8) is 0 Å². The van der Waals surface area contributed by atoms with E-state index < -0.39 is 0 Å². The second kappa shape index (κ2) is 7.11. The Morgan fingerprint density at radius 2 is 1.59 bits per heavy atom. The van der Waals surface area contributed by atoms with Crippen LogP contribution in [0.25, 0.3) is 11.4 Å². The average molecular weight is 363 g/mol. The van der Waals surface area contributed by atoms with E-state index in [-0.39, 0.29) is 11.8 Å². The highest BCUT2D eigenvalue weighted by atomic mass is 16.2. The van der Waals surface area contributed by atoms with Crippen LogP contribution in [-0.2, 0) is 4.79 Å². The molecule has 1 aromatic carbocycles. The number of amides is 2. The molecule has 4 rings (SSSR count). The van der Waals surface area contributed by atoms with Crippen molar-refractivity contribution in [1.82, 2.24) is 23.9 Å². The highest BCUT2D eigenvalue weighted by Crippen LogP contribution is 2.22. The molecule has 3 aromatic rings. The summed E-state index contributed by atoms with van der Waals surface area (Å²) in [5.41, 5.74) is 2.49. The number of carbonyl (C=O) groups is 2. The van der Waals surface area contributed by atoms with E-state index in [1.54, 1.807) is 24.3 Å². The van der Waals surface area contributed by atoms with Crippen molar-refractivity contribution in [2.24, 2.45) is 0 Å². The van der Waals surface area contributed by atoms with E-state index in [4.69, 9.17) is 0 Å². The fourth-order valence-corrected chi connectivity index (χ4v) is 3.39. The van der Waals surface area contributed by atoms with Gasteiger partial charge in [-0.1, -0.05) is 0 Å². The summed E-state index contributed by atoms with van der Waals surface area (Å²) >= 11 is 0. The molecule has 0 atom stereocenters. The third-order valence-electron chi connectivity index (χ3n) is 4.90. The van der Waals surface area contributed by atoms with Crippen molar-refractivity contribution in [3.8, 4) is 11.4 Å². The fraction of sp³-hybridized carbons (Fsp3) is 0.250. The summed E-state index contributed by atoms with van der Waals surface area (Å²) in [4.78, 5) is 32.2. The van der Waals surface area contributed by atoms with E-state index in [0.717, 1.165) is 11.4 Å². The molecule has 0 bridgehead atoms. The van der Waals surface area contributed by atoms with Gasteiger partial charge < -0.3 is 18.9 Å². The standard InChI is InChI=1S/C20H21N5O2/c1-16(26)22-10-12-24(13-11-22)20(27)17-4-5-18(25-9-6-21-15-25)19(14-17)23-7-2-3-8-23/h2-9,14-15H,10-13H2,1H3. The molecule has 1 aliphatic heterocycles. The molecule has 1 fully saturated rings. The molecule has 0 unspecified atom stereocenters. The second-order valence-corrected chi connectivity index (χ2v) is 6.56. The maximum Gasteiger partial charge on any atom is 0.254 e. The number of hydrogen-bond acceptors (Lipinski definition) is 3. The number of benzene rings is 1. The van der Waals surface area contributed by atoms with E-state index >= 15 is 0 Å². The zero-order chi connectivity index (χ0) is 18.8. The quantitative estimate of drug-likeness (QED) is 0.715. The molecule has 0 spiro atoms. The molecule has 2 amide bonds. The first-order valence-corrected chi connectivity index (χ1v) is 8.94. The maximum atomic E-state index is 13.0. The van der Waals surface area contributed by atoms with Gasteiger partial charge in [-0.05, 0) is 30.3 Å². The molecular formula is C20H21N5O2. The van der Waals surface area contributed by atoms with Crippen molar-refractivity contribution in [3.05, 3.63) is 67.0 Å². The van der Waals surface area contributed by atoms with Crippen LogP contribution >= 0.6 is 0 Å². The predicted octanol–water partition coefficient (Wildman–Crippen LogP) is 1.97. The molecule has 3 heterocycles. The van der Waals surface area contributed by atoms with Gasteiger partial charge in [0, 0.05) is 63.5 Å². The third kappa shape index (κ3) is 3.36. The van der Waals surface area contributed by atoms with Crippen LogP contribution in [0, 0.1) is 0 Å². The van der Waals surface area contributed by atoms with Gasteiger partial charge in [-0.25, -0.2) is 4.98 Å². The van der Waals surface area contributed by atoms with Gasteiger partial charge in [-0.15, -0.1) is 0 Å². The van der Waals surface area contributed by atoms with Crippen molar-refractivity contribution in [1.29, 1.82) is 0 Å². The Morgan fingerprint density at radius 3 is 2.22 bits per heavy atom. The fourth-order valence-electron chi connectivity index (χ4n) is 3.39. The lowest BCUT2D eigenvalue weighted by Gasteiger charge is -2.34. The lowest BCUT2D eigenvalue weighted by Crippen LogP contribution is -2.50. The van der Waals surface area contributed by atoms with Crippen LogP contribution in [0.15, 0.2) is 61.4 Å². The largest absolute Gasteiger partial charge is 0.339 e. The van der Waals surface area contributed by atoms with Crippen molar-refractivity contribution in [2.75, 3.05) is 26.2 Å². The average Bonchev–Trinajstić information content (AvgIpc) is 3.41. The lowest BCUT2D eigenvalue weighted by molar-refractivity contribution is -0.130. The van der Waals surface area contributed by atoms with Crippen LogP contribution in [0.3, 0.4) is 0 Å². The number of piperazine rings is 1. The van der Waals surface area contributed by atoms with Crippen molar-refractivity contribution < 1.29 is 9.59 Å². The molecule has 2 aromatic heterocycles. The van der Waals surface area contributed by atoms with Crippen LogP contribution < -0.4 is 0 Å². The molecule has 0 radical (unpaired) electrons. The number of imidazole rings is 1. The molecule has 138 valence electrons. The van der Waals surface area contributed by atoms with E-state index in [1.165, 1.54) is 0 Å². The normalized spacial score (nSPS) is 14.4.